The number of methoxy groups -OCH3 is 2. The van der Waals surface area contributed by atoms with Crippen molar-refractivity contribution in [2.45, 2.75) is 0 Å². The van der Waals surface area contributed by atoms with E-state index in [1.165, 1.54) is 19.8 Å². The van der Waals surface area contributed by atoms with Gasteiger partial charge in [0.05, 0.1) is 19.8 Å². The van der Waals surface area contributed by atoms with Crippen LogP contribution < -0.4 is 14.4 Å². The summed E-state index contributed by atoms with van der Waals surface area (Å²) in [6.45, 7) is 2.46. The van der Waals surface area contributed by atoms with Gasteiger partial charge in [-0.1, -0.05) is 6.07 Å². The number of carbonyl (C=O) groups is 1. The molecule has 3 aromatic rings. The highest BCUT2D eigenvalue weighted by molar-refractivity contribution is 5.98. The lowest BCUT2D eigenvalue weighted by Gasteiger charge is -2.35. The van der Waals surface area contributed by atoms with Crippen molar-refractivity contribution in [2.24, 2.45) is 0 Å². The third-order valence-corrected chi connectivity index (χ3v) is 4.82. The van der Waals surface area contributed by atoms with Crippen molar-refractivity contribution < 1.29 is 14.3 Å². The van der Waals surface area contributed by atoms with Gasteiger partial charge in [-0.3, -0.25) is 4.79 Å². The summed E-state index contributed by atoms with van der Waals surface area (Å²) in [4.78, 5) is 29.5. The molecule has 1 fully saturated rings. The lowest BCUT2D eigenvalue weighted by Crippen LogP contribution is -2.49. The second-order valence-electron chi connectivity index (χ2n) is 6.39. The van der Waals surface area contributed by atoms with Gasteiger partial charge < -0.3 is 19.3 Å². The van der Waals surface area contributed by atoms with E-state index in [0.717, 1.165) is 5.82 Å². The van der Waals surface area contributed by atoms with Crippen LogP contribution in [0.25, 0.3) is 5.82 Å². The fraction of sp³-hybridized carbons (Fsp3) is 0.316. The molecule has 0 saturated carbocycles. The van der Waals surface area contributed by atoms with Gasteiger partial charge >= 0.3 is 0 Å². The minimum atomic E-state index is -0.0774. The van der Waals surface area contributed by atoms with E-state index in [9.17, 15) is 4.79 Å². The predicted molar refractivity (Wildman–Crippen MR) is 105 cm³/mol. The van der Waals surface area contributed by atoms with E-state index in [0.29, 0.717) is 49.1 Å². The molecule has 0 atom stereocenters. The number of anilines is 1. The van der Waals surface area contributed by atoms with Crippen LogP contribution in [0.15, 0.2) is 43.2 Å². The van der Waals surface area contributed by atoms with Gasteiger partial charge in [0, 0.05) is 32.2 Å². The molecule has 10 heteroatoms. The molecule has 1 amide bonds. The zero-order valence-electron chi connectivity index (χ0n) is 16.2. The van der Waals surface area contributed by atoms with Crippen LogP contribution in [0.2, 0.25) is 0 Å². The van der Waals surface area contributed by atoms with Crippen molar-refractivity contribution in [3.63, 3.8) is 0 Å². The van der Waals surface area contributed by atoms with Crippen molar-refractivity contribution in [3.05, 3.63) is 48.8 Å². The number of hydrogen-bond donors (Lipinski definition) is 0. The van der Waals surface area contributed by atoms with Gasteiger partial charge in [0.2, 0.25) is 0 Å². The monoisotopic (exact) mass is 395 g/mol. The second-order valence-corrected chi connectivity index (χ2v) is 6.39. The number of benzene rings is 1. The van der Waals surface area contributed by atoms with E-state index in [-0.39, 0.29) is 5.91 Å². The minimum absolute atomic E-state index is 0.0774. The topological polar surface area (TPSA) is 98.5 Å². The van der Waals surface area contributed by atoms with E-state index in [4.69, 9.17) is 9.47 Å². The van der Waals surface area contributed by atoms with Gasteiger partial charge in [-0.2, -0.15) is 5.10 Å². The first-order valence-electron chi connectivity index (χ1n) is 9.13. The predicted octanol–water partition coefficient (Wildman–Crippen LogP) is 1.04. The molecule has 0 bridgehead atoms. The van der Waals surface area contributed by atoms with Crippen molar-refractivity contribution in [3.8, 4) is 17.3 Å². The van der Waals surface area contributed by atoms with Crippen LogP contribution in [0.4, 0.5) is 5.82 Å². The average Bonchev–Trinajstić information content (AvgIpc) is 3.33. The molecule has 150 valence electrons. The molecule has 4 rings (SSSR count). The second kappa shape index (κ2) is 8.13. The summed E-state index contributed by atoms with van der Waals surface area (Å²) in [6.07, 6.45) is 4.55. The lowest BCUT2D eigenvalue weighted by molar-refractivity contribution is 0.0742. The third-order valence-electron chi connectivity index (χ3n) is 4.82. The molecule has 1 aromatic carbocycles. The standard InChI is InChI=1S/C19H21N7O3/c1-28-15-5-3-4-14(18(15)29-2)19(27)25-8-6-24(7-9-25)16-10-17(22-12-21-16)26-13-20-11-23-26/h3-5,10-13H,6-9H2,1-2H3. The zero-order valence-corrected chi connectivity index (χ0v) is 16.2. The molecular weight excluding hydrogens is 374 g/mol. The summed E-state index contributed by atoms with van der Waals surface area (Å²) in [6, 6.07) is 7.18. The Morgan fingerprint density at radius 1 is 1.00 bits per heavy atom. The Morgan fingerprint density at radius 3 is 2.48 bits per heavy atom. The maximum atomic E-state index is 13.0. The van der Waals surface area contributed by atoms with Gasteiger partial charge in [0.1, 0.15) is 24.8 Å². The van der Waals surface area contributed by atoms with Crippen LogP contribution in [0.1, 0.15) is 10.4 Å². The molecule has 10 nitrogen and oxygen atoms in total. The zero-order chi connectivity index (χ0) is 20.2. The van der Waals surface area contributed by atoms with Crippen molar-refractivity contribution in [2.75, 3.05) is 45.3 Å². The SMILES string of the molecule is COc1cccc(C(=O)N2CCN(c3cc(-n4cncn4)ncn3)CC2)c1OC. The van der Waals surface area contributed by atoms with Gasteiger partial charge in [0.15, 0.2) is 17.3 Å². The first-order chi connectivity index (χ1) is 14.2. The first-order valence-corrected chi connectivity index (χ1v) is 9.13. The van der Waals surface area contributed by atoms with E-state index >= 15 is 0 Å². The van der Waals surface area contributed by atoms with E-state index in [1.54, 1.807) is 36.3 Å². The van der Waals surface area contributed by atoms with Crippen LogP contribution >= 0.6 is 0 Å². The lowest BCUT2D eigenvalue weighted by atomic mass is 10.1. The fourth-order valence-electron chi connectivity index (χ4n) is 3.33. The number of ether oxygens (including phenoxy) is 2. The van der Waals surface area contributed by atoms with Crippen molar-refractivity contribution >= 4 is 11.7 Å². The molecule has 1 aliphatic heterocycles. The molecule has 2 aromatic heterocycles. The summed E-state index contributed by atoms with van der Waals surface area (Å²) in [5.74, 6) is 2.35. The Hall–Kier alpha value is -3.69. The Morgan fingerprint density at radius 2 is 1.79 bits per heavy atom. The highest BCUT2D eigenvalue weighted by Crippen LogP contribution is 2.31. The van der Waals surface area contributed by atoms with Gasteiger partial charge in [-0.25, -0.2) is 19.6 Å². The Bertz CT molecular complexity index is 985. The van der Waals surface area contributed by atoms with Crippen LogP contribution in [0.5, 0.6) is 11.5 Å². The normalized spacial score (nSPS) is 14.0. The number of hydrogen-bond acceptors (Lipinski definition) is 8. The summed E-state index contributed by atoms with van der Waals surface area (Å²) in [7, 11) is 3.09. The van der Waals surface area contributed by atoms with E-state index in [2.05, 4.69) is 25.0 Å². The van der Waals surface area contributed by atoms with Crippen LogP contribution in [0.3, 0.4) is 0 Å². The van der Waals surface area contributed by atoms with E-state index in [1.807, 2.05) is 11.0 Å². The molecule has 0 unspecified atom stereocenters. The van der Waals surface area contributed by atoms with Gasteiger partial charge in [0.25, 0.3) is 5.91 Å². The smallest absolute Gasteiger partial charge is 0.257 e. The number of amides is 1. The number of piperazine rings is 1. The number of para-hydroxylation sites is 1. The van der Waals surface area contributed by atoms with E-state index < -0.39 is 0 Å². The number of carbonyl (C=O) groups excluding carboxylic acids is 1. The molecule has 0 spiro atoms. The summed E-state index contributed by atoms with van der Waals surface area (Å²) >= 11 is 0. The van der Waals surface area contributed by atoms with Crippen molar-refractivity contribution in [1.29, 1.82) is 0 Å². The number of rotatable bonds is 5. The molecular formula is C19H21N7O3. The molecule has 1 saturated heterocycles. The third kappa shape index (κ3) is 3.68. The summed E-state index contributed by atoms with van der Waals surface area (Å²) in [5, 5.41) is 4.09. The number of aromatic nitrogens is 5. The van der Waals surface area contributed by atoms with Crippen LogP contribution in [-0.2, 0) is 0 Å². The van der Waals surface area contributed by atoms with Crippen LogP contribution in [0, 0.1) is 0 Å². The van der Waals surface area contributed by atoms with Crippen molar-refractivity contribution in [1.82, 2.24) is 29.6 Å². The number of nitrogens with zero attached hydrogens (tertiary/aromatic N) is 7. The average molecular weight is 395 g/mol. The molecule has 29 heavy (non-hydrogen) atoms. The fourth-order valence-corrected chi connectivity index (χ4v) is 3.33. The molecule has 0 N–H and O–H groups in total. The molecule has 0 radical (unpaired) electrons. The summed E-state index contributed by atoms with van der Waals surface area (Å²) < 4.78 is 12.3. The first kappa shape index (κ1) is 18.7. The Balaban J connectivity index is 1.46. The molecule has 0 aliphatic carbocycles. The van der Waals surface area contributed by atoms with Crippen LogP contribution in [-0.4, -0.2) is 75.9 Å². The van der Waals surface area contributed by atoms with Gasteiger partial charge in [-0.15, -0.1) is 0 Å². The molecule has 3 heterocycles. The Labute approximate surface area is 167 Å². The van der Waals surface area contributed by atoms with Gasteiger partial charge in [-0.05, 0) is 12.1 Å². The Kier molecular flexibility index (Phi) is 5.23. The maximum absolute atomic E-state index is 13.0. The quantitative estimate of drug-likeness (QED) is 0.632. The maximum Gasteiger partial charge on any atom is 0.257 e. The highest BCUT2D eigenvalue weighted by Gasteiger charge is 2.26. The largest absolute Gasteiger partial charge is 0.493 e. The molecule has 1 aliphatic rings. The minimum Gasteiger partial charge on any atom is -0.493 e. The summed E-state index contributed by atoms with van der Waals surface area (Å²) in [5.41, 5.74) is 0.496. The highest BCUT2D eigenvalue weighted by atomic mass is 16.5.